The van der Waals surface area contributed by atoms with Gasteiger partial charge in [-0.1, -0.05) is 0 Å². The predicted molar refractivity (Wildman–Crippen MR) is 43.2 cm³/mol. The molecule has 0 saturated heterocycles. The molecule has 0 bridgehead atoms. The monoisotopic (exact) mass is 184 g/mol. The molecular formula is C6H8N4O3. The van der Waals surface area contributed by atoms with Gasteiger partial charge in [-0.15, -0.1) is 0 Å². The second-order valence-electron chi connectivity index (χ2n) is 2.22. The number of aromatic nitrogens is 2. The molecule has 0 unspecified atom stereocenters. The molecule has 0 saturated carbocycles. The van der Waals surface area contributed by atoms with Gasteiger partial charge in [-0.05, 0) is 0 Å². The van der Waals surface area contributed by atoms with Gasteiger partial charge >= 0.3 is 5.97 Å². The first-order valence-electron chi connectivity index (χ1n) is 3.41. The summed E-state index contributed by atoms with van der Waals surface area (Å²) in [6.45, 7) is -0.210. The molecule has 0 aliphatic heterocycles. The lowest BCUT2D eigenvalue weighted by Gasteiger charge is -1.99. The number of hydrogen-bond acceptors (Lipinski definition) is 4. The van der Waals surface area contributed by atoms with Crippen molar-refractivity contribution in [1.29, 1.82) is 0 Å². The molecule has 13 heavy (non-hydrogen) atoms. The van der Waals surface area contributed by atoms with Crippen LogP contribution in [0.1, 0.15) is 10.4 Å². The summed E-state index contributed by atoms with van der Waals surface area (Å²) in [7, 11) is 0. The lowest BCUT2D eigenvalue weighted by Crippen LogP contribution is -2.23. The maximum atomic E-state index is 10.8. The largest absolute Gasteiger partial charge is 0.477 e. The van der Waals surface area contributed by atoms with E-state index in [4.69, 9.17) is 10.8 Å². The van der Waals surface area contributed by atoms with E-state index in [2.05, 4.69) is 15.5 Å². The van der Waals surface area contributed by atoms with E-state index in [1.165, 1.54) is 0 Å². The number of amides is 1. The number of nitrogens with one attached hydrogen (secondary N) is 2. The van der Waals surface area contributed by atoms with Crippen LogP contribution in [0.15, 0.2) is 6.20 Å². The van der Waals surface area contributed by atoms with Gasteiger partial charge in [0.25, 0.3) is 0 Å². The zero-order chi connectivity index (χ0) is 9.84. The molecule has 1 aromatic rings. The van der Waals surface area contributed by atoms with E-state index in [1.54, 1.807) is 0 Å². The molecule has 0 spiro atoms. The Balaban J connectivity index is 2.82. The molecule has 1 aromatic heterocycles. The van der Waals surface area contributed by atoms with Crippen molar-refractivity contribution in [1.82, 2.24) is 10.2 Å². The van der Waals surface area contributed by atoms with Crippen LogP contribution in [-0.4, -0.2) is 33.7 Å². The fourth-order valence-corrected chi connectivity index (χ4v) is 0.734. The van der Waals surface area contributed by atoms with Crippen LogP contribution in [0.25, 0.3) is 0 Å². The molecule has 5 N–H and O–H groups in total. The summed E-state index contributed by atoms with van der Waals surface area (Å²) in [5.74, 6) is -1.60. The van der Waals surface area contributed by atoms with Crippen LogP contribution in [0.2, 0.25) is 0 Å². The summed E-state index contributed by atoms with van der Waals surface area (Å²) in [5, 5.41) is 16.7. The highest BCUT2D eigenvalue weighted by Gasteiger charge is 2.13. The minimum atomic E-state index is -1.17. The number of H-pyrrole nitrogens is 1. The smallest absolute Gasteiger partial charge is 0.341 e. The summed E-state index contributed by atoms with van der Waals surface area (Å²) in [6.07, 6.45) is 1.11. The summed E-state index contributed by atoms with van der Waals surface area (Å²) in [6, 6.07) is 0. The van der Waals surface area contributed by atoms with Gasteiger partial charge in [0.05, 0.1) is 12.7 Å². The third-order valence-electron chi connectivity index (χ3n) is 1.32. The molecule has 70 valence electrons. The Morgan fingerprint density at radius 3 is 2.92 bits per heavy atom. The van der Waals surface area contributed by atoms with E-state index < -0.39 is 11.9 Å². The number of carboxylic acids is 1. The molecule has 7 nitrogen and oxygen atoms in total. The van der Waals surface area contributed by atoms with Gasteiger partial charge in [0.15, 0.2) is 0 Å². The van der Waals surface area contributed by atoms with Crippen molar-refractivity contribution in [3.63, 3.8) is 0 Å². The first-order valence-corrected chi connectivity index (χ1v) is 3.41. The van der Waals surface area contributed by atoms with Gasteiger partial charge in [0, 0.05) is 0 Å². The second-order valence-corrected chi connectivity index (χ2v) is 2.22. The summed E-state index contributed by atoms with van der Waals surface area (Å²) < 4.78 is 0. The number of nitrogens with two attached hydrogens (primary N) is 1. The Bertz CT molecular complexity index is 332. The maximum Gasteiger partial charge on any atom is 0.341 e. The summed E-state index contributed by atoms with van der Waals surface area (Å²) in [4.78, 5) is 21.3. The molecule has 1 amide bonds. The standard InChI is InChI=1S/C6H8N4O3/c7-1-4(11)9-5-3(6(12)13)2-8-10-5/h2H,1,7H2,(H,12,13)(H2,8,9,10,11). The molecule has 1 heterocycles. The lowest BCUT2D eigenvalue weighted by molar-refractivity contribution is -0.114. The quantitative estimate of drug-likeness (QED) is 0.480. The predicted octanol–water partition coefficient (Wildman–Crippen LogP) is -0.995. The van der Waals surface area contributed by atoms with E-state index in [9.17, 15) is 9.59 Å². The van der Waals surface area contributed by atoms with Crippen LogP contribution in [-0.2, 0) is 4.79 Å². The van der Waals surface area contributed by atoms with Gasteiger partial charge in [0.1, 0.15) is 11.4 Å². The molecule has 0 aliphatic carbocycles. The number of rotatable bonds is 3. The molecule has 0 atom stereocenters. The SMILES string of the molecule is NCC(=O)Nc1[nH]ncc1C(=O)O. The maximum absolute atomic E-state index is 10.8. The minimum Gasteiger partial charge on any atom is -0.477 e. The van der Waals surface area contributed by atoms with Crippen molar-refractivity contribution in [2.24, 2.45) is 5.73 Å². The van der Waals surface area contributed by atoms with E-state index in [0.29, 0.717) is 0 Å². The van der Waals surface area contributed by atoms with Crippen molar-refractivity contribution >= 4 is 17.7 Å². The fourth-order valence-electron chi connectivity index (χ4n) is 0.734. The number of nitrogens with zero attached hydrogens (tertiary/aromatic N) is 1. The van der Waals surface area contributed by atoms with E-state index in [1.807, 2.05) is 0 Å². The van der Waals surface area contributed by atoms with Crippen molar-refractivity contribution in [3.05, 3.63) is 11.8 Å². The van der Waals surface area contributed by atoms with Gasteiger partial charge in [0.2, 0.25) is 5.91 Å². The Labute approximate surface area is 72.9 Å². The third kappa shape index (κ3) is 2.03. The highest BCUT2D eigenvalue weighted by Crippen LogP contribution is 2.09. The van der Waals surface area contributed by atoms with Gasteiger partial charge in [-0.2, -0.15) is 5.10 Å². The van der Waals surface area contributed by atoms with Gasteiger partial charge in [-0.3, -0.25) is 9.89 Å². The first kappa shape index (κ1) is 9.20. The van der Waals surface area contributed by atoms with Crippen LogP contribution in [0.5, 0.6) is 0 Å². The number of aromatic carboxylic acids is 1. The summed E-state index contributed by atoms with van der Waals surface area (Å²) >= 11 is 0. The molecule has 0 aromatic carbocycles. The van der Waals surface area contributed by atoms with Crippen molar-refractivity contribution in [2.45, 2.75) is 0 Å². The van der Waals surface area contributed by atoms with Crippen LogP contribution in [0, 0.1) is 0 Å². The van der Waals surface area contributed by atoms with Crippen molar-refractivity contribution < 1.29 is 14.7 Å². The van der Waals surface area contributed by atoms with Crippen molar-refractivity contribution in [2.75, 3.05) is 11.9 Å². The minimum absolute atomic E-state index is 0.0444. The first-order chi connectivity index (χ1) is 6.15. The van der Waals surface area contributed by atoms with E-state index in [0.717, 1.165) is 6.20 Å². The molecule has 0 radical (unpaired) electrons. The Hall–Kier alpha value is -1.89. The normalized spacial score (nSPS) is 9.62. The Morgan fingerprint density at radius 2 is 2.38 bits per heavy atom. The van der Waals surface area contributed by atoms with Crippen LogP contribution in [0.4, 0.5) is 5.82 Å². The van der Waals surface area contributed by atoms with Crippen molar-refractivity contribution in [3.8, 4) is 0 Å². The van der Waals surface area contributed by atoms with Crippen LogP contribution < -0.4 is 11.1 Å². The van der Waals surface area contributed by atoms with E-state index >= 15 is 0 Å². The Kier molecular flexibility index (Phi) is 2.60. The number of anilines is 1. The molecule has 1 rings (SSSR count). The second kappa shape index (κ2) is 3.68. The topological polar surface area (TPSA) is 121 Å². The number of carboxylic acid groups (broad SMARTS) is 1. The van der Waals surface area contributed by atoms with Gasteiger partial charge in [-0.25, -0.2) is 4.79 Å². The molecular weight excluding hydrogens is 176 g/mol. The average Bonchev–Trinajstić information content (AvgIpc) is 2.52. The number of hydrogen-bond donors (Lipinski definition) is 4. The third-order valence-corrected chi connectivity index (χ3v) is 1.32. The molecule has 0 fully saturated rings. The number of carbonyl (C=O) groups excluding carboxylic acids is 1. The molecule has 0 aliphatic rings. The van der Waals surface area contributed by atoms with E-state index in [-0.39, 0.29) is 17.9 Å². The number of aromatic amines is 1. The Morgan fingerprint density at radius 1 is 1.69 bits per heavy atom. The zero-order valence-corrected chi connectivity index (χ0v) is 6.57. The fraction of sp³-hybridized carbons (Fsp3) is 0.167. The highest BCUT2D eigenvalue weighted by atomic mass is 16.4. The van der Waals surface area contributed by atoms with Crippen LogP contribution in [0.3, 0.4) is 0 Å². The average molecular weight is 184 g/mol. The zero-order valence-electron chi connectivity index (χ0n) is 6.57. The molecule has 7 heteroatoms. The van der Waals surface area contributed by atoms with Crippen LogP contribution >= 0.6 is 0 Å². The summed E-state index contributed by atoms with van der Waals surface area (Å²) in [5.41, 5.74) is 4.93. The highest BCUT2D eigenvalue weighted by molar-refractivity contribution is 5.99. The van der Waals surface area contributed by atoms with Gasteiger partial charge < -0.3 is 16.2 Å². The number of carbonyl (C=O) groups is 2. The lowest BCUT2D eigenvalue weighted by atomic mass is 10.3.